The Labute approximate surface area is 90.6 Å². The summed E-state index contributed by atoms with van der Waals surface area (Å²) in [5.74, 6) is 0. The summed E-state index contributed by atoms with van der Waals surface area (Å²) in [5.41, 5.74) is 0.956. The normalized spacial score (nSPS) is 10.1. The Morgan fingerprint density at radius 3 is 1.80 bits per heavy atom. The van der Waals surface area contributed by atoms with Crippen LogP contribution < -0.4 is 0 Å². The Balaban J connectivity index is 0.000000423. The largest absolute Gasteiger partial charge is 0.294 e. The predicted octanol–water partition coefficient (Wildman–Crippen LogP) is 1.20. The fraction of sp³-hybridized carbons (Fsp3) is 0.300. The van der Waals surface area contributed by atoms with Gasteiger partial charge in [0.1, 0.15) is 20.8 Å². The number of aryl methyl sites for hydroxylation is 1. The molecule has 0 spiro atoms. The third-order valence-electron chi connectivity index (χ3n) is 1.32. The van der Waals surface area contributed by atoms with Crippen molar-refractivity contribution in [1.82, 2.24) is 0 Å². The van der Waals surface area contributed by atoms with E-state index in [0.717, 1.165) is 5.56 Å². The molecule has 0 bridgehead atoms. The van der Waals surface area contributed by atoms with E-state index < -0.39 is 10.1 Å². The van der Waals surface area contributed by atoms with Crippen LogP contribution in [0.1, 0.15) is 5.56 Å². The minimum Gasteiger partial charge on any atom is -0.282 e. The molecule has 1 aromatic carbocycles. The second kappa shape index (κ2) is 5.63. The van der Waals surface area contributed by atoms with Crippen molar-refractivity contribution in [3.05, 3.63) is 29.8 Å². The van der Waals surface area contributed by atoms with E-state index in [-0.39, 0.29) is 4.90 Å². The maximum Gasteiger partial charge on any atom is 0.294 e. The van der Waals surface area contributed by atoms with E-state index in [1.165, 1.54) is 12.1 Å². The van der Waals surface area contributed by atoms with Gasteiger partial charge in [0.25, 0.3) is 10.1 Å². The van der Waals surface area contributed by atoms with Crippen molar-refractivity contribution in [2.75, 3.05) is 14.1 Å². The summed E-state index contributed by atoms with van der Waals surface area (Å²) in [4.78, 5) is -0.0666. The molecule has 0 saturated carbocycles. The molecule has 5 heteroatoms. The van der Waals surface area contributed by atoms with Crippen molar-refractivity contribution in [3.63, 3.8) is 0 Å². The summed E-state index contributed by atoms with van der Waals surface area (Å²) in [6, 6.07) is 5.99. The van der Waals surface area contributed by atoms with Crippen molar-refractivity contribution in [1.29, 1.82) is 0 Å². The second-order valence-electron chi connectivity index (χ2n) is 3.37. The van der Waals surface area contributed by atoms with E-state index in [0.29, 0.717) is 0 Å². The Bertz CT molecular complexity index is 416. The van der Waals surface area contributed by atoms with Gasteiger partial charge in [-0.2, -0.15) is 8.42 Å². The molecule has 0 fully saturated rings. The van der Waals surface area contributed by atoms with Crippen LogP contribution in [0.25, 0.3) is 0 Å². The maximum atomic E-state index is 10.5. The highest BCUT2D eigenvalue weighted by atomic mass is 32.2. The molecular formula is C10H16NO3S+. The highest BCUT2D eigenvalue weighted by Crippen LogP contribution is 2.08. The average molecular weight is 230 g/mol. The zero-order chi connectivity index (χ0) is 12.1. The van der Waals surface area contributed by atoms with Crippen molar-refractivity contribution in [3.8, 4) is 0 Å². The molecule has 0 heterocycles. The molecule has 1 N–H and O–H groups in total. The third kappa shape index (κ3) is 6.82. The smallest absolute Gasteiger partial charge is 0.282 e. The molecule has 0 saturated heterocycles. The molecule has 0 aromatic heterocycles. The van der Waals surface area contributed by atoms with Gasteiger partial charge in [-0.3, -0.25) is 4.55 Å². The SMILES string of the molecule is C=[N+](C)C.Cc1ccc(S(=O)(=O)O)cc1. The molecule has 0 aliphatic carbocycles. The topological polar surface area (TPSA) is 57.4 Å². The molecule has 0 unspecified atom stereocenters. The second-order valence-corrected chi connectivity index (χ2v) is 4.79. The minimum absolute atomic E-state index is 0.0666. The molecule has 0 aliphatic rings. The number of benzene rings is 1. The van der Waals surface area contributed by atoms with Crippen LogP contribution in [0, 0.1) is 6.92 Å². The first-order chi connectivity index (χ1) is 6.73. The summed E-state index contributed by atoms with van der Waals surface area (Å²) in [6.45, 7) is 5.31. The van der Waals surface area contributed by atoms with Crippen LogP contribution in [0.4, 0.5) is 0 Å². The zero-order valence-corrected chi connectivity index (χ0v) is 9.95. The summed E-state index contributed by atoms with van der Waals surface area (Å²) < 4.78 is 31.3. The zero-order valence-electron chi connectivity index (χ0n) is 9.14. The van der Waals surface area contributed by atoms with E-state index in [1.807, 2.05) is 21.0 Å². The molecule has 1 rings (SSSR count). The average Bonchev–Trinajstić information content (AvgIpc) is 2.01. The minimum atomic E-state index is -4.02. The number of nitrogens with zero attached hydrogens (tertiary/aromatic N) is 1. The highest BCUT2D eigenvalue weighted by Gasteiger charge is 2.06. The summed E-state index contributed by atoms with van der Waals surface area (Å²) in [6.07, 6.45) is 0. The summed E-state index contributed by atoms with van der Waals surface area (Å²) >= 11 is 0. The lowest BCUT2D eigenvalue weighted by molar-refractivity contribution is -0.454. The van der Waals surface area contributed by atoms with E-state index >= 15 is 0 Å². The van der Waals surface area contributed by atoms with Crippen LogP contribution in [-0.4, -0.2) is 38.4 Å². The molecule has 1 aromatic rings. The lowest BCUT2D eigenvalue weighted by atomic mass is 10.2. The van der Waals surface area contributed by atoms with Crippen molar-refractivity contribution >= 4 is 16.8 Å². The van der Waals surface area contributed by atoms with E-state index in [2.05, 4.69) is 6.72 Å². The van der Waals surface area contributed by atoms with Crippen LogP contribution in [0.5, 0.6) is 0 Å². The Hall–Kier alpha value is -1.20. The van der Waals surface area contributed by atoms with E-state index in [4.69, 9.17) is 4.55 Å². The first-order valence-electron chi connectivity index (χ1n) is 4.25. The Morgan fingerprint density at radius 2 is 1.53 bits per heavy atom. The van der Waals surface area contributed by atoms with Gasteiger partial charge in [0.2, 0.25) is 0 Å². The van der Waals surface area contributed by atoms with Gasteiger partial charge in [-0.15, -0.1) is 0 Å². The number of hydrogen-bond acceptors (Lipinski definition) is 2. The summed E-state index contributed by atoms with van der Waals surface area (Å²) in [7, 11) is -0.242. The van der Waals surface area contributed by atoms with Crippen molar-refractivity contribution in [2.24, 2.45) is 0 Å². The van der Waals surface area contributed by atoms with E-state index in [1.54, 1.807) is 16.7 Å². The monoisotopic (exact) mass is 230 g/mol. The molecule has 84 valence electrons. The fourth-order valence-electron chi connectivity index (χ4n) is 0.710. The lowest BCUT2D eigenvalue weighted by Gasteiger charge is -1.95. The van der Waals surface area contributed by atoms with Gasteiger partial charge in [0.05, 0.1) is 4.90 Å². The van der Waals surface area contributed by atoms with Crippen LogP contribution in [0.15, 0.2) is 29.2 Å². The molecule has 15 heavy (non-hydrogen) atoms. The van der Waals surface area contributed by atoms with Crippen molar-refractivity contribution < 1.29 is 17.5 Å². The first-order valence-corrected chi connectivity index (χ1v) is 5.69. The highest BCUT2D eigenvalue weighted by molar-refractivity contribution is 7.85. The van der Waals surface area contributed by atoms with Gasteiger partial charge in [-0.1, -0.05) is 17.7 Å². The van der Waals surface area contributed by atoms with Crippen molar-refractivity contribution in [2.45, 2.75) is 11.8 Å². The molecule has 0 amide bonds. The van der Waals surface area contributed by atoms with Gasteiger partial charge in [-0.25, -0.2) is 4.58 Å². The quantitative estimate of drug-likeness (QED) is 0.448. The molecular weight excluding hydrogens is 214 g/mol. The van der Waals surface area contributed by atoms with Crippen LogP contribution in [-0.2, 0) is 10.1 Å². The van der Waals surface area contributed by atoms with Gasteiger partial charge >= 0.3 is 0 Å². The standard InChI is InChI=1S/C7H8O3S.C3H8N/c1-6-2-4-7(5-3-6)11(8,9)10;1-4(2)3/h2-5H,1H3,(H,8,9,10);1H2,2-3H3/q;+1. The van der Waals surface area contributed by atoms with Crippen LogP contribution >= 0.6 is 0 Å². The Morgan fingerprint density at radius 1 is 1.20 bits per heavy atom. The maximum absolute atomic E-state index is 10.5. The Kier molecular flexibility index (Phi) is 5.18. The number of rotatable bonds is 1. The molecule has 0 radical (unpaired) electrons. The molecule has 4 nitrogen and oxygen atoms in total. The van der Waals surface area contributed by atoms with Crippen LogP contribution in [0.2, 0.25) is 0 Å². The van der Waals surface area contributed by atoms with Gasteiger partial charge in [0, 0.05) is 0 Å². The number of hydrogen-bond donors (Lipinski definition) is 1. The van der Waals surface area contributed by atoms with Crippen LogP contribution in [0.3, 0.4) is 0 Å². The molecule has 0 atom stereocenters. The molecule has 0 aliphatic heterocycles. The fourth-order valence-corrected chi connectivity index (χ4v) is 1.19. The summed E-state index contributed by atoms with van der Waals surface area (Å²) in [5, 5.41) is 0. The van der Waals surface area contributed by atoms with Gasteiger partial charge in [-0.05, 0) is 19.1 Å². The third-order valence-corrected chi connectivity index (χ3v) is 2.19. The van der Waals surface area contributed by atoms with Gasteiger partial charge in [0.15, 0.2) is 0 Å². The van der Waals surface area contributed by atoms with Gasteiger partial charge < -0.3 is 0 Å². The predicted molar refractivity (Wildman–Crippen MR) is 60.2 cm³/mol. The van der Waals surface area contributed by atoms with E-state index in [9.17, 15) is 8.42 Å². The lowest BCUT2D eigenvalue weighted by Crippen LogP contribution is -1.96. The first kappa shape index (κ1) is 13.8.